The Morgan fingerprint density at radius 3 is 2.43 bits per heavy atom. The number of benzene rings is 1. The molecule has 2 rings (SSSR count). The zero-order valence-corrected chi connectivity index (χ0v) is 12.6. The van der Waals surface area contributed by atoms with Gasteiger partial charge in [0.2, 0.25) is 11.8 Å². The average molecular weight is 328 g/mol. The molecule has 0 aliphatic carbocycles. The Bertz CT molecular complexity index is 579. The lowest BCUT2D eigenvalue weighted by atomic mass is 9.93. The van der Waals surface area contributed by atoms with Crippen LogP contribution in [-0.2, 0) is 22.2 Å². The van der Waals surface area contributed by atoms with Crippen molar-refractivity contribution in [2.45, 2.75) is 31.9 Å². The molecule has 0 bridgehead atoms. The van der Waals surface area contributed by atoms with E-state index in [4.69, 9.17) is 5.73 Å². The fourth-order valence-electron chi connectivity index (χ4n) is 2.82. The predicted molar refractivity (Wildman–Crippen MR) is 78.3 cm³/mol. The van der Waals surface area contributed by atoms with Crippen molar-refractivity contribution in [2.24, 2.45) is 11.7 Å². The lowest BCUT2D eigenvalue weighted by molar-refractivity contribution is -0.138. The number of carbonyl (C=O) groups is 2. The molecule has 1 aliphatic heterocycles. The van der Waals surface area contributed by atoms with Gasteiger partial charge in [0.15, 0.2) is 0 Å². The van der Waals surface area contributed by atoms with E-state index < -0.39 is 11.7 Å². The molecule has 1 aromatic rings. The number of nitrogens with zero attached hydrogens (tertiary/aromatic N) is 1. The molecule has 1 aliphatic rings. The first-order chi connectivity index (χ1) is 10.8. The zero-order chi connectivity index (χ0) is 17.0. The Labute approximate surface area is 132 Å². The number of carbonyl (C=O) groups excluding carboxylic acids is 2. The molecule has 0 spiro atoms. The maximum absolute atomic E-state index is 12.7. The van der Waals surface area contributed by atoms with E-state index >= 15 is 0 Å². The van der Waals surface area contributed by atoms with Crippen molar-refractivity contribution in [3.8, 4) is 0 Å². The lowest BCUT2D eigenvalue weighted by Crippen LogP contribution is -2.40. The molecule has 0 aromatic heterocycles. The minimum Gasteiger partial charge on any atom is -0.370 e. The number of likely N-dealkylation sites (tertiary alicyclic amines) is 1. The molecular weight excluding hydrogens is 309 g/mol. The molecule has 4 nitrogen and oxygen atoms in total. The van der Waals surface area contributed by atoms with Gasteiger partial charge in [0.25, 0.3) is 0 Å². The van der Waals surface area contributed by atoms with Crippen molar-refractivity contribution in [1.82, 2.24) is 4.90 Å². The Morgan fingerprint density at radius 2 is 1.87 bits per heavy atom. The number of hydrogen-bond donors (Lipinski definition) is 1. The van der Waals surface area contributed by atoms with Gasteiger partial charge in [-0.2, -0.15) is 13.2 Å². The van der Waals surface area contributed by atoms with Gasteiger partial charge >= 0.3 is 6.18 Å². The smallest absolute Gasteiger partial charge is 0.370 e. The van der Waals surface area contributed by atoms with Gasteiger partial charge in [-0.25, -0.2) is 0 Å². The second-order valence-electron chi connectivity index (χ2n) is 5.87. The van der Waals surface area contributed by atoms with Crippen molar-refractivity contribution >= 4 is 11.8 Å². The molecule has 126 valence electrons. The molecule has 1 saturated heterocycles. The number of alkyl halides is 3. The lowest BCUT2D eigenvalue weighted by Gasteiger charge is -2.31. The number of nitrogens with two attached hydrogens (primary N) is 1. The molecule has 7 heteroatoms. The van der Waals surface area contributed by atoms with Crippen LogP contribution in [0.3, 0.4) is 0 Å². The van der Waals surface area contributed by atoms with Gasteiger partial charge in [-0.3, -0.25) is 9.59 Å². The van der Waals surface area contributed by atoms with E-state index in [0.29, 0.717) is 37.9 Å². The third-order valence-electron chi connectivity index (χ3n) is 4.07. The summed E-state index contributed by atoms with van der Waals surface area (Å²) < 4.78 is 38.0. The molecule has 0 radical (unpaired) electrons. The van der Waals surface area contributed by atoms with Gasteiger partial charge in [-0.15, -0.1) is 0 Å². The number of amides is 2. The highest BCUT2D eigenvalue weighted by Crippen LogP contribution is 2.29. The summed E-state index contributed by atoms with van der Waals surface area (Å²) in [6, 6.07) is 4.83. The maximum Gasteiger partial charge on any atom is 0.416 e. The van der Waals surface area contributed by atoms with E-state index in [1.807, 2.05) is 0 Å². The van der Waals surface area contributed by atoms with Crippen LogP contribution in [0.1, 0.15) is 30.4 Å². The Hall–Kier alpha value is -2.05. The molecule has 2 N–H and O–H groups in total. The number of hydrogen-bond acceptors (Lipinski definition) is 2. The first-order valence-corrected chi connectivity index (χ1v) is 7.48. The van der Waals surface area contributed by atoms with Crippen LogP contribution >= 0.6 is 0 Å². The molecule has 2 amide bonds. The van der Waals surface area contributed by atoms with Crippen molar-refractivity contribution in [3.63, 3.8) is 0 Å². The SMILES string of the molecule is NC(=O)CC1CCN(C(=O)Cc2cccc(C(F)(F)F)c2)CC1. The molecule has 1 fully saturated rings. The van der Waals surface area contributed by atoms with Gasteiger partial charge < -0.3 is 10.6 Å². The van der Waals surface area contributed by atoms with E-state index in [1.165, 1.54) is 12.1 Å². The molecule has 23 heavy (non-hydrogen) atoms. The van der Waals surface area contributed by atoms with Crippen molar-refractivity contribution in [3.05, 3.63) is 35.4 Å². The summed E-state index contributed by atoms with van der Waals surface area (Å²) >= 11 is 0. The standard InChI is InChI=1S/C16H19F3N2O2/c17-16(18,19)13-3-1-2-12(8-13)10-15(23)21-6-4-11(5-7-21)9-14(20)22/h1-3,8,11H,4-7,9-10H2,(H2,20,22). The number of primary amides is 1. The summed E-state index contributed by atoms with van der Waals surface area (Å²) in [5.74, 6) is -0.356. The van der Waals surface area contributed by atoms with E-state index in [9.17, 15) is 22.8 Å². The Balaban J connectivity index is 1.92. The Kier molecular flexibility index (Phi) is 5.28. The summed E-state index contributed by atoms with van der Waals surface area (Å²) in [6.45, 7) is 1.02. The van der Waals surface area contributed by atoms with Crippen molar-refractivity contribution in [2.75, 3.05) is 13.1 Å². The molecule has 1 aromatic carbocycles. The van der Waals surface area contributed by atoms with E-state index in [0.717, 1.165) is 12.1 Å². The second kappa shape index (κ2) is 7.02. The van der Waals surface area contributed by atoms with Crippen LogP contribution in [0.2, 0.25) is 0 Å². The topological polar surface area (TPSA) is 63.4 Å². The minimum absolute atomic E-state index is 0.0512. The number of halogens is 3. The summed E-state index contributed by atoms with van der Waals surface area (Å²) in [4.78, 5) is 24.7. The molecule has 1 heterocycles. The van der Waals surface area contributed by atoms with Crippen molar-refractivity contribution in [1.29, 1.82) is 0 Å². The van der Waals surface area contributed by atoms with Gasteiger partial charge in [-0.05, 0) is 30.4 Å². The van der Waals surface area contributed by atoms with Crippen LogP contribution in [0.25, 0.3) is 0 Å². The monoisotopic (exact) mass is 328 g/mol. The molecular formula is C16H19F3N2O2. The van der Waals surface area contributed by atoms with Gasteiger partial charge in [0, 0.05) is 19.5 Å². The first-order valence-electron chi connectivity index (χ1n) is 7.48. The maximum atomic E-state index is 12.7. The predicted octanol–water partition coefficient (Wildman–Crippen LogP) is 2.36. The highest BCUT2D eigenvalue weighted by atomic mass is 19.4. The molecule has 0 unspecified atom stereocenters. The van der Waals surface area contributed by atoms with Crippen molar-refractivity contribution < 1.29 is 22.8 Å². The van der Waals surface area contributed by atoms with Crippen LogP contribution in [0, 0.1) is 5.92 Å². The van der Waals surface area contributed by atoms with Gasteiger partial charge in [0.05, 0.1) is 12.0 Å². The quantitative estimate of drug-likeness (QED) is 0.922. The average Bonchev–Trinajstić information content (AvgIpc) is 2.46. The molecule has 0 saturated carbocycles. The van der Waals surface area contributed by atoms with E-state index in [2.05, 4.69) is 0 Å². The summed E-state index contributed by atoms with van der Waals surface area (Å²) in [5.41, 5.74) is 4.76. The van der Waals surface area contributed by atoms with Crippen LogP contribution < -0.4 is 5.73 Å². The normalized spacial score (nSPS) is 16.4. The highest BCUT2D eigenvalue weighted by molar-refractivity contribution is 5.79. The summed E-state index contributed by atoms with van der Waals surface area (Å²) in [6.07, 6.45) is -2.76. The highest BCUT2D eigenvalue weighted by Gasteiger charge is 2.30. The third kappa shape index (κ3) is 4.97. The Morgan fingerprint density at radius 1 is 1.22 bits per heavy atom. The number of piperidine rings is 1. The zero-order valence-electron chi connectivity index (χ0n) is 12.6. The van der Waals surface area contributed by atoms with Crippen LogP contribution in [-0.4, -0.2) is 29.8 Å². The van der Waals surface area contributed by atoms with Gasteiger partial charge in [-0.1, -0.05) is 18.2 Å². The third-order valence-corrected chi connectivity index (χ3v) is 4.07. The van der Waals surface area contributed by atoms with Crippen LogP contribution in [0.4, 0.5) is 13.2 Å². The fraction of sp³-hybridized carbons (Fsp3) is 0.500. The number of rotatable bonds is 4. The minimum atomic E-state index is -4.41. The van der Waals surface area contributed by atoms with E-state index in [-0.39, 0.29) is 24.2 Å². The fourth-order valence-corrected chi connectivity index (χ4v) is 2.82. The first kappa shape index (κ1) is 17.3. The van der Waals surface area contributed by atoms with E-state index in [1.54, 1.807) is 4.90 Å². The van der Waals surface area contributed by atoms with Gasteiger partial charge in [0.1, 0.15) is 0 Å². The largest absolute Gasteiger partial charge is 0.416 e. The van der Waals surface area contributed by atoms with Crippen LogP contribution in [0.15, 0.2) is 24.3 Å². The summed E-state index contributed by atoms with van der Waals surface area (Å²) in [5, 5.41) is 0. The second-order valence-corrected chi connectivity index (χ2v) is 5.87. The molecule has 0 atom stereocenters. The van der Waals surface area contributed by atoms with Crippen LogP contribution in [0.5, 0.6) is 0 Å². The summed E-state index contributed by atoms with van der Waals surface area (Å²) in [7, 11) is 0.